The van der Waals surface area contributed by atoms with E-state index in [1.165, 1.54) is 0 Å². The lowest BCUT2D eigenvalue weighted by molar-refractivity contribution is -0.129. The fraction of sp³-hybridized carbons (Fsp3) is 0.444. The maximum absolute atomic E-state index is 12.3. The van der Waals surface area contributed by atoms with Gasteiger partial charge in [-0.25, -0.2) is 0 Å². The molecular formula is C18H22N4O3. The average molecular weight is 342 g/mol. The van der Waals surface area contributed by atoms with Crippen molar-refractivity contribution in [2.45, 2.75) is 39.3 Å². The Morgan fingerprint density at radius 2 is 2.00 bits per heavy atom. The van der Waals surface area contributed by atoms with Crippen LogP contribution in [0.1, 0.15) is 32.3 Å². The second-order valence-electron chi connectivity index (χ2n) is 6.34. The summed E-state index contributed by atoms with van der Waals surface area (Å²) in [6, 6.07) is 8.97. The Morgan fingerprint density at radius 3 is 2.56 bits per heavy atom. The number of nitrogens with one attached hydrogen (secondary N) is 2. The van der Waals surface area contributed by atoms with Crippen molar-refractivity contribution in [3.8, 4) is 6.07 Å². The molecule has 0 bridgehead atoms. The molecule has 0 spiro atoms. The van der Waals surface area contributed by atoms with Crippen LogP contribution in [-0.2, 0) is 20.9 Å². The molecule has 1 aromatic rings. The molecule has 7 heteroatoms. The second-order valence-corrected chi connectivity index (χ2v) is 6.34. The zero-order valence-corrected chi connectivity index (χ0v) is 14.4. The molecule has 132 valence electrons. The lowest BCUT2D eigenvalue weighted by Crippen LogP contribution is -2.33. The van der Waals surface area contributed by atoms with Gasteiger partial charge in [-0.3, -0.25) is 14.4 Å². The van der Waals surface area contributed by atoms with E-state index in [9.17, 15) is 14.4 Å². The minimum Gasteiger partial charge on any atom is -0.351 e. The quantitative estimate of drug-likeness (QED) is 0.816. The summed E-state index contributed by atoms with van der Waals surface area (Å²) in [5.41, 5.74) is 1.51. The number of hydrogen-bond acceptors (Lipinski definition) is 4. The summed E-state index contributed by atoms with van der Waals surface area (Å²) in [5.74, 6) is -0.800. The van der Waals surface area contributed by atoms with E-state index in [1.54, 1.807) is 35.2 Å². The highest BCUT2D eigenvalue weighted by Gasteiger charge is 2.35. The summed E-state index contributed by atoms with van der Waals surface area (Å²) in [7, 11) is 0. The van der Waals surface area contributed by atoms with Crippen LogP contribution in [0.4, 0.5) is 5.69 Å². The number of anilines is 1. The van der Waals surface area contributed by atoms with Crippen molar-refractivity contribution >= 4 is 23.4 Å². The molecule has 1 saturated heterocycles. The van der Waals surface area contributed by atoms with Crippen LogP contribution in [0.15, 0.2) is 24.3 Å². The number of likely N-dealkylation sites (tertiary alicyclic amines) is 1. The van der Waals surface area contributed by atoms with Gasteiger partial charge in [0, 0.05) is 31.2 Å². The second kappa shape index (κ2) is 8.29. The third kappa shape index (κ3) is 5.05. The van der Waals surface area contributed by atoms with Crippen LogP contribution < -0.4 is 10.6 Å². The Bertz CT molecular complexity index is 691. The highest BCUT2D eigenvalue weighted by atomic mass is 16.2. The fourth-order valence-corrected chi connectivity index (χ4v) is 2.69. The highest BCUT2D eigenvalue weighted by molar-refractivity contribution is 5.97. The number of nitriles is 1. The van der Waals surface area contributed by atoms with Gasteiger partial charge in [0.15, 0.2) is 0 Å². The minimum atomic E-state index is -0.333. The molecule has 2 rings (SSSR count). The van der Waals surface area contributed by atoms with Crippen LogP contribution in [0.2, 0.25) is 0 Å². The molecule has 7 nitrogen and oxygen atoms in total. The summed E-state index contributed by atoms with van der Waals surface area (Å²) in [5, 5.41) is 13.9. The van der Waals surface area contributed by atoms with Gasteiger partial charge in [0.05, 0.1) is 12.0 Å². The first-order valence-electron chi connectivity index (χ1n) is 8.23. The predicted octanol–water partition coefficient (Wildman–Crippen LogP) is 1.41. The topological polar surface area (TPSA) is 102 Å². The van der Waals surface area contributed by atoms with E-state index >= 15 is 0 Å². The van der Waals surface area contributed by atoms with Gasteiger partial charge in [-0.1, -0.05) is 12.1 Å². The molecule has 0 saturated carbocycles. The molecular weight excluding hydrogens is 320 g/mol. The first-order chi connectivity index (χ1) is 11.9. The largest absolute Gasteiger partial charge is 0.351 e. The van der Waals surface area contributed by atoms with Gasteiger partial charge in [-0.15, -0.1) is 0 Å². The average Bonchev–Trinajstić information content (AvgIpc) is 2.97. The standard InChI is InChI=1S/C18H22N4O3/c1-12(2)22-11-14(9-17(22)24)18(25)21-15-5-3-13(4-6-15)10-20-16(23)7-8-19/h3-6,12,14H,7,9-11H2,1-2H3,(H,20,23)(H,21,25). The van der Waals surface area contributed by atoms with E-state index < -0.39 is 0 Å². The minimum absolute atomic E-state index is 0.0126. The Labute approximate surface area is 147 Å². The molecule has 1 aliphatic heterocycles. The smallest absolute Gasteiger partial charge is 0.234 e. The van der Waals surface area contributed by atoms with E-state index in [-0.39, 0.29) is 42.5 Å². The van der Waals surface area contributed by atoms with Crippen molar-refractivity contribution in [1.82, 2.24) is 10.2 Å². The third-order valence-electron chi connectivity index (χ3n) is 4.10. The van der Waals surface area contributed by atoms with Crippen molar-refractivity contribution < 1.29 is 14.4 Å². The molecule has 1 unspecified atom stereocenters. The van der Waals surface area contributed by atoms with E-state index in [4.69, 9.17) is 5.26 Å². The number of rotatable bonds is 6. The van der Waals surface area contributed by atoms with Gasteiger partial charge >= 0.3 is 0 Å². The third-order valence-corrected chi connectivity index (χ3v) is 4.10. The van der Waals surface area contributed by atoms with Crippen LogP contribution >= 0.6 is 0 Å². The summed E-state index contributed by atoms with van der Waals surface area (Å²) in [4.78, 5) is 37.2. The van der Waals surface area contributed by atoms with Crippen molar-refractivity contribution in [3.63, 3.8) is 0 Å². The molecule has 0 aromatic heterocycles. The summed E-state index contributed by atoms with van der Waals surface area (Å²) < 4.78 is 0. The van der Waals surface area contributed by atoms with Crippen molar-refractivity contribution in [1.29, 1.82) is 5.26 Å². The zero-order chi connectivity index (χ0) is 18.4. The van der Waals surface area contributed by atoms with E-state index in [2.05, 4.69) is 10.6 Å². The van der Waals surface area contributed by atoms with Gasteiger partial charge in [0.25, 0.3) is 0 Å². The summed E-state index contributed by atoms with van der Waals surface area (Å²) >= 11 is 0. The van der Waals surface area contributed by atoms with Crippen LogP contribution in [0.5, 0.6) is 0 Å². The molecule has 1 atom stereocenters. The molecule has 1 heterocycles. The molecule has 2 N–H and O–H groups in total. The van der Waals surface area contributed by atoms with Gasteiger partial charge < -0.3 is 15.5 Å². The first kappa shape index (κ1) is 18.5. The Morgan fingerprint density at radius 1 is 1.32 bits per heavy atom. The maximum atomic E-state index is 12.3. The fourth-order valence-electron chi connectivity index (χ4n) is 2.69. The number of benzene rings is 1. The zero-order valence-electron chi connectivity index (χ0n) is 14.4. The van der Waals surface area contributed by atoms with Crippen LogP contribution in [0.3, 0.4) is 0 Å². The normalized spacial score (nSPS) is 16.6. The van der Waals surface area contributed by atoms with Gasteiger partial charge in [0.1, 0.15) is 6.42 Å². The molecule has 25 heavy (non-hydrogen) atoms. The highest BCUT2D eigenvalue weighted by Crippen LogP contribution is 2.22. The first-order valence-corrected chi connectivity index (χ1v) is 8.23. The van der Waals surface area contributed by atoms with Crippen LogP contribution in [0.25, 0.3) is 0 Å². The molecule has 1 fully saturated rings. The van der Waals surface area contributed by atoms with Crippen molar-refractivity contribution in [2.75, 3.05) is 11.9 Å². The SMILES string of the molecule is CC(C)N1CC(C(=O)Nc2ccc(CNC(=O)CC#N)cc2)CC1=O. The van der Waals surface area contributed by atoms with Gasteiger partial charge in [-0.2, -0.15) is 5.26 Å². The maximum Gasteiger partial charge on any atom is 0.234 e. The lowest BCUT2D eigenvalue weighted by Gasteiger charge is -2.20. The lowest BCUT2D eigenvalue weighted by atomic mass is 10.1. The van der Waals surface area contributed by atoms with Crippen LogP contribution in [0, 0.1) is 17.2 Å². The van der Waals surface area contributed by atoms with E-state index in [0.29, 0.717) is 18.8 Å². The van der Waals surface area contributed by atoms with Crippen molar-refractivity contribution in [2.24, 2.45) is 5.92 Å². The van der Waals surface area contributed by atoms with Gasteiger partial charge in [0.2, 0.25) is 17.7 Å². The number of amides is 3. The van der Waals surface area contributed by atoms with Crippen LogP contribution in [-0.4, -0.2) is 35.2 Å². The molecule has 1 aliphatic rings. The predicted molar refractivity (Wildman–Crippen MR) is 92.1 cm³/mol. The van der Waals surface area contributed by atoms with Gasteiger partial charge in [-0.05, 0) is 31.5 Å². The summed E-state index contributed by atoms with van der Waals surface area (Å²) in [6.07, 6.45) is 0.0780. The number of carbonyl (C=O) groups is 3. The molecule has 1 aromatic carbocycles. The van der Waals surface area contributed by atoms with E-state index in [0.717, 1.165) is 5.56 Å². The summed E-state index contributed by atoms with van der Waals surface area (Å²) in [6.45, 7) is 4.65. The Balaban J connectivity index is 1.87. The van der Waals surface area contributed by atoms with E-state index in [1.807, 2.05) is 13.8 Å². The van der Waals surface area contributed by atoms with Crippen molar-refractivity contribution in [3.05, 3.63) is 29.8 Å². The molecule has 0 aliphatic carbocycles. The number of nitrogens with zero attached hydrogens (tertiary/aromatic N) is 2. The number of hydrogen-bond donors (Lipinski definition) is 2. The number of carbonyl (C=O) groups excluding carboxylic acids is 3. The molecule has 0 radical (unpaired) electrons. The monoisotopic (exact) mass is 342 g/mol. The Hall–Kier alpha value is -2.88. The molecule has 3 amide bonds. The Kier molecular flexibility index (Phi) is 6.12.